The Balaban J connectivity index is 1.94. The highest BCUT2D eigenvalue weighted by atomic mass is 35.5. The molecule has 0 unspecified atom stereocenters. The van der Waals surface area contributed by atoms with E-state index in [2.05, 4.69) is 5.32 Å². The third-order valence-corrected chi connectivity index (χ3v) is 3.27. The van der Waals surface area contributed by atoms with Gasteiger partial charge in [-0.2, -0.15) is 0 Å². The summed E-state index contributed by atoms with van der Waals surface area (Å²) in [7, 11) is 0. The highest BCUT2D eigenvalue weighted by Crippen LogP contribution is 2.19. The molecule has 100 valence electrons. The van der Waals surface area contributed by atoms with Crippen LogP contribution in [-0.2, 0) is 19.7 Å². The molecular weight excluding hydrogens is 265 g/mol. The van der Waals surface area contributed by atoms with Gasteiger partial charge in [0.15, 0.2) is 0 Å². The van der Waals surface area contributed by atoms with Crippen molar-refractivity contribution in [1.29, 1.82) is 0 Å². The Labute approximate surface area is 116 Å². The molecule has 0 bridgehead atoms. The Kier molecular flexibility index (Phi) is 4.91. The number of aliphatic hydroxyl groups is 1. The SMILES string of the molecule is OCc1cccc(CNCc2cccc(F)c2Cl)c1. The van der Waals surface area contributed by atoms with Crippen molar-refractivity contribution in [2.24, 2.45) is 0 Å². The van der Waals surface area contributed by atoms with Gasteiger partial charge in [0.25, 0.3) is 0 Å². The van der Waals surface area contributed by atoms with Crippen LogP contribution in [0.3, 0.4) is 0 Å². The van der Waals surface area contributed by atoms with Crippen molar-refractivity contribution in [3.63, 3.8) is 0 Å². The zero-order chi connectivity index (χ0) is 13.7. The van der Waals surface area contributed by atoms with Crippen LogP contribution < -0.4 is 5.32 Å². The minimum atomic E-state index is -0.400. The van der Waals surface area contributed by atoms with Crippen molar-refractivity contribution < 1.29 is 9.50 Å². The Hall–Kier alpha value is -1.42. The lowest BCUT2D eigenvalue weighted by Gasteiger charge is -2.08. The van der Waals surface area contributed by atoms with Crippen molar-refractivity contribution in [3.8, 4) is 0 Å². The Bertz CT molecular complexity index is 560. The molecule has 0 spiro atoms. The highest BCUT2D eigenvalue weighted by Gasteiger charge is 2.04. The Morgan fingerprint density at radius 1 is 1.05 bits per heavy atom. The number of nitrogens with one attached hydrogen (secondary N) is 1. The summed E-state index contributed by atoms with van der Waals surface area (Å²) in [6, 6.07) is 12.5. The van der Waals surface area contributed by atoms with Crippen LogP contribution in [0, 0.1) is 5.82 Å². The van der Waals surface area contributed by atoms with E-state index in [-0.39, 0.29) is 11.6 Å². The summed E-state index contributed by atoms with van der Waals surface area (Å²) in [5, 5.41) is 12.4. The fourth-order valence-corrected chi connectivity index (χ4v) is 2.06. The standard InChI is InChI=1S/C15H15ClFNO/c16-15-13(5-2-6-14(15)17)9-18-8-11-3-1-4-12(7-11)10-19/h1-7,18-19H,8-10H2. The minimum absolute atomic E-state index is 0.0313. The second kappa shape index (κ2) is 6.66. The molecule has 0 aliphatic carbocycles. The van der Waals surface area contributed by atoms with E-state index >= 15 is 0 Å². The minimum Gasteiger partial charge on any atom is -0.392 e. The van der Waals surface area contributed by atoms with Gasteiger partial charge >= 0.3 is 0 Å². The van der Waals surface area contributed by atoms with Crippen LogP contribution in [0.1, 0.15) is 16.7 Å². The van der Waals surface area contributed by atoms with Crippen molar-refractivity contribution in [1.82, 2.24) is 5.32 Å². The van der Waals surface area contributed by atoms with Crippen molar-refractivity contribution in [2.45, 2.75) is 19.7 Å². The van der Waals surface area contributed by atoms with Gasteiger partial charge in [0.05, 0.1) is 11.6 Å². The second-order valence-corrected chi connectivity index (χ2v) is 4.67. The van der Waals surface area contributed by atoms with Crippen molar-refractivity contribution in [3.05, 3.63) is 70.0 Å². The summed E-state index contributed by atoms with van der Waals surface area (Å²) in [6.07, 6.45) is 0. The molecule has 0 saturated heterocycles. The van der Waals surface area contributed by atoms with Crippen LogP contribution in [0.2, 0.25) is 5.02 Å². The zero-order valence-electron chi connectivity index (χ0n) is 10.4. The summed E-state index contributed by atoms with van der Waals surface area (Å²) < 4.78 is 13.2. The van der Waals surface area contributed by atoms with Crippen LogP contribution >= 0.6 is 11.6 Å². The second-order valence-electron chi connectivity index (χ2n) is 4.29. The van der Waals surface area contributed by atoms with Crippen LogP contribution in [0.15, 0.2) is 42.5 Å². The van der Waals surface area contributed by atoms with E-state index in [1.807, 2.05) is 24.3 Å². The van der Waals surface area contributed by atoms with E-state index in [9.17, 15) is 4.39 Å². The molecule has 2 rings (SSSR count). The lowest BCUT2D eigenvalue weighted by atomic mass is 10.1. The average molecular weight is 280 g/mol. The summed E-state index contributed by atoms with van der Waals surface area (Å²) in [6.45, 7) is 1.17. The predicted molar refractivity (Wildman–Crippen MR) is 74.3 cm³/mol. The first-order valence-corrected chi connectivity index (χ1v) is 6.41. The van der Waals surface area contributed by atoms with Gasteiger partial charge in [-0.15, -0.1) is 0 Å². The maximum Gasteiger partial charge on any atom is 0.142 e. The molecule has 0 heterocycles. The normalized spacial score (nSPS) is 10.7. The first-order valence-electron chi connectivity index (χ1n) is 6.03. The van der Waals surface area contributed by atoms with Gasteiger partial charge in [0.1, 0.15) is 5.82 Å². The van der Waals surface area contributed by atoms with Gasteiger partial charge in [0, 0.05) is 13.1 Å². The zero-order valence-corrected chi connectivity index (χ0v) is 11.1. The van der Waals surface area contributed by atoms with Crippen LogP contribution in [-0.4, -0.2) is 5.11 Å². The van der Waals surface area contributed by atoms with E-state index in [1.54, 1.807) is 12.1 Å². The van der Waals surface area contributed by atoms with Crippen LogP contribution in [0.25, 0.3) is 0 Å². The summed E-state index contributed by atoms with van der Waals surface area (Å²) >= 11 is 5.87. The third kappa shape index (κ3) is 3.77. The summed E-state index contributed by atoms with van der Waals surface area (Å²) in [5.41, 5.74) is 2.68. The number of benzene rings is 2. The first-order chi connectivity index (χ1) is 9.20. The van der Waals surface area contributed by atoms with E-state index in [1.165, 1.54) is 6.07 Å². The Morgan fingerprint density at radius 3 is 2.58 bits per heavy atom. The average Bonchev–Trinajstić information content (AvgIpc) is 2.44. The molecule has 0 aliphatic heterocycles. The molecule has 2 nitrogen and oxygen atoms in total. The lowest BCUT2D eigenvalue weighted by Crippen LogP contribution is -2.13. The molecule has 2 N–H and O–H groups in total. The van der Waals surface area contributed by atoms with Crippen molar-refractivity contribution >= 4 is 11.6 Å². The van der Waals surface area contributed by atoms with Gasteiger partial charge in [-0.25, -0.2) is 4.39 Å². The molecule has 0 aromatic heterocycles. The number of halogens is 2. The van der Waals surface area contributed by atoms with Crippen LogP contribution in [0.5, 0.6) is 0 Å². The molecule has 0 fully saturated rings. The molecule has 4 heteroatoms. The first kappa shape index (κ1) is 14.0. The Morgan fingerprint density at radius 2 is 1.79 bits per heavy atom. The molecule has 0 radical (unpaired) electrons. The topological polar surface area (TPSA) is 32.3 Å². The molecular formula is C15H15ClFNO. The smallest absolute Gasteiger partial charge is 0.142 e. The number of hydrogen-bond acceptors (Lipinski definition) is 2. The van der Waals surface area contributed by atoms with Gasteiger partial charge in [-0.05, 0) is 22.8 Å². The van der Waals surface area contributed by atoms with Gasteiger partial charge in [-0.1, -0.05) is 48.0 Å². The molecule has 2 aromatic rings. The fraction of sp³-hybridized carbons (Fsp3) is 0.200. The molecule has 2 aromatic carbocycles. The largest absolute Gasteiger partial charge is 0.392 e. The van der Waals surface area contributed by atoms with Gasteiger partial charge < -0.3 is 10.4 Å². The maximum absolute atomic E-state index is 13.2. The number of hydrogen-bond donors (Lipinski definition) is 2. The monoisotopic (exact) mass is 279 g/mol. The van der Waals surface area contributed by atoms with Gasteiger partial charge in [-0.3, -0.25) is 0 Å². The van der Waals surface area contributed by atoms with E-state index in [4.69, 9.17) is 16.7 Å². The van der Waals surface area contributed by atoms with E-state index in [0.29, 0.717) is 13.1 Å². The molecule has 0 saturated carbocycles. The van der Waals surface area contributed by atoms with Crippen LogP contribution in [0.4, 0.5) is 4.39 Å². The molecule has 0 amide bonds. The predicted octanol–water partition coefficient (Wildman–Crippen LogP) is 3.26. The summed E-state index contributed by atoms with van der Waals surface area (Å²) in [5.74, 6) is -0.400. The van der Waals surface area contributed by atoms with E-state index < -0.39 is 5.82 Å². The highest BCUT2D eigenvalue weighted by molar-refractivity contribution is 6.31. The number of aliphatic hydroxyl groups excluding tert-OH is 1. The molecule has 0 atom stereocenters. The molecule has 19 heavy (non-hydrogen) atoms. The molecule has 0 aliphatic rings. The third-order valence-electron chi connectivity index (χ3n) is 2.85. The van der Waals surface area contributed by atoms with E-state index in [0.717, 1.165) is 16.7 Å². The fourth-order valence-electron chi connectivity index (χ4n) is 1.86. The maximum atomic E-state index is 13.2. The van der Waals surface area contributed by atoms with Gasteiger partial charge in [0.2, 0.25) is 0 Å². The number of rotatable bonds is 5. The quantitative estimate of drug-likeness (QED) is 0.880. The van der Waals surface area contributed by atoms with Crippen molar-refractivity contribution in [2.75, 3.05) is 0 Å². The lowest BCUT2D eigenvalue weighted by molar-refractivity contribution is 0.281. The summed E-state index contributed by atoms with van der Waals surface area (Å²) in [4.78, 5) is 0.